The Kier molecular flexibility index (Phi) is 5.71. The van der Waals surface area contributed by atoms with Crippen LogP contribution in [0, 0.1) is 12.7 Å². The van der Waals surface area contributed by atoms with Gasteiger partial charge in [0, 0.05) is 44.4 Å². The topological polar surface area (TPSA) is 49.6 Å². The molecule has 2 heterocycles. The summed E-state index contributed by atoms with van der Waals surface area (Å²) < 4.78 is 18.4. The molecular formula is C23H24FN3O2. The minimum atomic E-state index is -0.224. The van der Waals surface area contributed by atoms with Gasteiger partial charge in [-0.25, -0.2) is 4.39 Å². The predicted molar refractivity (Wildman–Crippen MR) is 109 cm³/mol. The zero-order valence-electron chi connectivity index (χ0n) is 16.5. The number of halogens is 1. The molecule has 5 nitrogen and oxygen atoms in total. The first-order chi connectivity index (χ1) is 14.1. The number of aryl methyl sites for hydroxylation is 1. The number of nitrogens with zero attached hydrogens (tertiary/aromatic N) is 3. The molecular weight excluding hydrogens is 369 g/mol. The molecule has 4 rings (SSSR count). The summed E-state index contributed by atoms with van der Waals surface area (Å²) in [7, 11) is 0. The third kappa shape index (κ3) is 4.71. The van der Waals surface area contributed by atoms with E-state index in [1.54, 1.807) is 6.07 Å². The fourth-order valence-electron chi connectivity index (χ4n) is 3.57. The lowest BCUT2D eigenvalue weighted by Gasteiger charge is -2.21. The number of aromatic nitrogens is 1. The van der Waals surface area contributed by atoms with Crippen molar-refractivity contribution < 1.29 is 13.7 Å². The van der Waals surface area contributed by atoms with Crippen LogP contribution in [0.3, 0.4) is 0 Å². The number of carbonyl (C=O) groups excluding carboxylic acids is 1. The fourth-order valence-corrected chi connectivity index (χ4v) is 3.57. The molecule has 2 aromatic carbocycles. The molecule has 0 bridgehead atoms. The minimum absolute atomic E-state index is 0.125. The lowest BCUT2D eigenvalue weighted by molar-refractivity contribution is 0.0719. The highest BCUT2D eigenvalue weighted by Crippen LogP contribution is 2.21. The molecule has 0 unspecified atom stereocenters. The third-order valence-corrected chi connectivity index (χ3v) is 5.26. The summed E-state index contributed by atoms with van der Waals surface area (Å²) in [5.41, 5.74) is 3.84. The highest BCUT2D eigenvalue weighted by Gasteiger charge is 2.23. The van der Waals surface area contributed by atoms with Crippen molar-refractivity contribution in [2.45, 2.75) is 19.9 Å². The molecule has 150 valence electrons. The summed E-state index contributed by atoms with van der Waals surface area (Å²) in [6, 6.07) is 16.3. The van der Waals surface area contributed by atoms with E-state index in [0.29, 0.717) is 18.8 Å². The van der Waals surface area contributed by atoms with Gasteiger partial charge in [0.2, 0.25) is 5.76 Å². The summed E-state index contributed by atoms with van der Waals surface area (Å²) in [5, 5.41) is 4.07. The van der Waals surface area contributed by atoms with Crippen LogP contribution < -0.4 is 0 Å². The van der Waals surface area contributed by atoms with Gasteiger partial charge < -0.3 is 9.42 Å². The molecule has 1 amide bonds. The second kappa shape index (κ2) is 8.57. The van der Waals surface area contributed by atoms with Gasteiger partial charge in [-0.15, -0.1) is 0 Å². The Morgan fingerprint density at radius 2 is 1.79 bits per heavy atom. The van der Waals surface area contributed by atoms with E-state index in [0.717, 1.165) is 37.2 Å². The molecule has 0 saturated carbocycles. The molecule has 0 atom stereocenters. The summed E-state index contributed by atoms with van der Waals surface area (Å²) in [5.74, 6) is -0.0782. The van der Waals surface area contributed by atoms with Crippen LogP contribution >= 0.6 is 0 Å². The van der Waals surface area contributed by atoms with Crippen molar-refractivity contribution in [2.75, 3.05) is 26.2 Å². The summed E-state index contributed by atoms with van der Waals surface area (Å²) in [4.78, 5) is 17.0. The van der Waals surface area contributed by atoms with Crippen molar-refractivity contribution in [2.24, 2.45) is 0 Å². The minimum Gasteiger partial charge on any atom is -0.350 e. The number of rotatable bonds is 4. The molecule has 0 N–H and O–H groups in total. The summed E-state index contributed by atoms with van der Waals surface area (Å²) in [6.45, 7) is 5.75. The monoisotopic (exact) mass is 393 g/mol. The van der Waals surface area contributed by atoms with Crippen molar-refractivity contribution >= 4 is 5.91 Å². The molecule has 1 aliphatic rings. The van der Waals surface area contributed by atoms with Gasteiger partial charge in [-0.2, -0.15) is 0 Å². The maximum absolute atomic E-state index is 13.1. The summed E-state index contributed by atoms with van der Waals surface area (Å²) >= 11 is 0. The standard InChI is InChI=1S/C23H24FN3O2/c1-17-3-7-19(8-4-17)21-15-22(29-25-21)23(28)27-12-2-11-26(13-14-27)16-18-5-9-20(24)10-6-18/h3-10,15H,2,11-14,16H2,1H3. The van der Waals surface area contributed by atoms with E-state index in [-0.39, 0.29) is 17.5 Å². The van der Waals surface area contributed by atoms with E-state index in [4.69, 9.17) is 4.52 Å². The highest BCUT2D eigenvalue weighted by atomic mass is 19.1. The molecule has 0 spiro atoms. The Labute approximate surface area is 169 Å². The number of amides is 1. The normalized spacial score (nSPS) is 15.3. The molecule has 1 saturated heterocycles. The number of hydrogen-bond acceptors (Lipinski definition) is 4. The molecule has 29 heavy (non-hydrogen) atoms. The molecule has 1 aromatic heterocycles. The number of hydrogen-bond donors (Lipinski definition) is 0. The second-order valence-electron chi connectivity index (χ2n) is 7.49. The fraction of sp³-hybridized carbons (Fsp3) is 0.304. The van der Waals surface area contributed by atoms with Crippen LogP contribution in [-0.2, 0) is 6.54 Å². The first-order valence-corrected chi connectivity index (χ1v) is 9.88. The molecule has 0 radical (unpaired) electrons. The van der Waals surface area contributed by atoms with Crippen molar-refractivity contribution in [1.82, 2.24) is 15.0 Å². The Morgan fingerprint density at radius 1 is 1.03 bits per heavy atom. The van der Waals surface area contributed by atoms with Gasteiger partial charge in [0.25, 0.3) is 5.91 Å². The van der Waals surface area contributed by atoms with Crippen molar-refractivity contribution in [3.05, 3.63) is 77.3 Å². The smallest absolute Gasteiger partial charge is 0.292 e. The Balaban J connectivity index is 1.38. The van der Waals surface area contributed by atoms with Gasteiger partial charge in [0.05, 0.1) is 0 Å². The highest BCUT2D eigenvalue weighted by molar-refractivity contribution is 5.92. The van der Waals surface area contributed by atoms with Crippen molar-refractivity contribution in [3.63, 3.8) is 0 Å². The van der Waals surface area contributed by atoms with E-state index >= 15 is 0 Å². The average molecular weight is 393 g/mol. The van der Waals surface area contributed by atoms with Crippen molar-refractivity contribution in [1.29, 1.82) is 0 Å². The van der Waals surface area contributed by atoms with E-state index in [9.17, 15) is 9.18 Å². The van der Waals surface area contributed by atoms with Crippen LogP contribution in [-0.4, -0.2) is 47.0 Å². The van der Waals surface area contributed by atoms with Gasteiger partial charge in [-0.3, -0.25) is 9.69 Å². The van der Waals surface area contributed by atoms with Gasteiger partial charge in [0.15, 0.2) is 0 Å². The first kappa shape index (κ1) is 19.3. The van der Waals surface area contributed by atoms with E-state index < -0.39 is 0 Å². The zero-order valence-corrected chi connectivity index (χ0v) is 16.5. The van der Waals surface area contributed by atoms with Crippen LogP contribution in [0.4, 0.5) is 4.39 Å². The van der Waals surface area contributed by atoms with E-state index in [1.165, 1.54) is 17.7 Å². The first-order valence-electron chi connectivity index (χ1n) is 9.88. The van der Waals surface area contributed by atoms with Crippen LogP contribution in [0.5, 0.6) is 0 Å². The molecule has 1 aliphatic heterocycles. The van der Waals surface area contributed by atoms with Crippen LogP contribution in [0.2, 0.25) is 0 Å². The molecule has 1 fully saturated rings. The summed E-state index contributed by atoms with van der Waals surface area (Å²) in [6.07, 6.45) is 0.881. The van der Waals surface area contributed by atoms with Gasteiger partial charge in [-0.05, 0) is 31.0 Å². The maximum Gasteiger partial charge on any atom is 0.292 e. The van der Waals surface area contributed by atoms with Gasteiger partial charge >= 0.3 is 0 Å². The lowest BCUT2D eigenvalue weighted by atomic mass is 10.1. The average Bonchev–Trinajstić information content (AvgIpc) is 3.10. The van der Waals surface area contributed by atoms with Gasteiger partial charge in [-0.1, -0.05) is 47.1 Å². The second-order valence-corrected chi connectivity index (χ2v) is 7.49. The van der Waals surface area contributed by atoms with E-state index in [2.05, 4.69) is 10.1 Å². The largest absolute Gasteiger partial charge is 0.350 e. The lowest BCUT2D eigenvalue weighted by Crippen LogP contribution is -2.34. The van der Waals surface area contributed by atoms with Crippen molar-refractivity contribution in [3.8, 4) is 11.3 Å². The Bertz CT molecular complexity index is 967. The molecule has 0 aliphatic carbocycles. The van der Waals surface area contributed by atoms with Crippen LogP contribution in [0.15, 0.2) is 59.1 Å². The van der Waals surface area contributed by atoms with Gasteiger partial charge in [0.1, 0.15) is 11.5 Å². The number of carbonyl (C=O) groups is 1. The Morgan fingerprint density at radius 3 is 2.55 bits per heavy atom. The Hall–Kier alpha value is -2.99. The number of benzene rings is 2. The quantitative estimate of drug-likeness (QED) is 0.669. The predicted octanol–water partition coefficient (Wildman–Crippen LogP) is 4.14. The van der Waals surface area contributed by atoms with E-state index in [1.807, 2.05) is 48.2 Å². The zero-order chi connectivity index (χ0) is 20.2. The molecule has 3 aromatic rings. The maximum atomic E-state index is 13.1. The van der Waals surface area contributed by atoms with Crippen LogP contribution in [0.1, 0.15) is 28.1 Å². The third-order valence-electron chi connectivity index (χ3n) is 5.26. The SMILES string of the molecule is Cc1ccc(-c2cc(C(=O)N3CCCN(Cc4ccc(F)cc4)CC3)on2)cc1. The molecule has 6 heteroatoms. The van der Waals surface area contributed by atoms with Crippen LogP contribution in [0.25, 0.3) is 11.3 Å².